The molecule has 3 aromatic rings. The summed E-state index contributed by atoms with van der Waals surface area (Å²) in [6.07, 6.45) is 0.208. The first-order valence-electron chi connectivity index (χ1n) is 8.86. The molecule has 3 aromatic carbocycles. The maximum absolute atomic E-state index is 12.0. The number of hydrogen-bond donors (Lipinski definition) is 2. The van der Waals surface area contributed by atoms with Gasteiger partial charge in [-0.3, -0.25) is 4.79 Å². The molecule has 0 unspecified atom stereocenters. The third-order valence-electron chi connectivity index (χ3n) is 4.07. The van der Waals surface area contributed by atoms with Crippen LogP contribution < -0.4 is 10.2 Å². The number of benzene rings is 3. The van der Waals surface area contributed by atoms with Crippen molar-refractivity contribution in [3.63, 3.8) is 0 Å². The number of aliphatic hydroxyl groups is 1. The van der Waals surface area contributed by atoms with Crippen molar-refractivity contribution < 1.29 is 14.6 Å². The van der Waals surface area contributed by atoms with E-state index in [0.29, 0.717) is 17.9 Å². The maximum Gasteiger partial charge on any atom is 0.273 e. The van der Waals surface area contributed by atoms with Gasteiger partial charge in [0, 0.05) is 4.47 Å². The van der Waals surface area contributed by atoms with E-state index in [0.717, 1.165) is 24.5 Å². The fourth-order valence-corrected chi connectivity index (χ4v) is 4.26. The van der Waals surface area contributed by atoms with Crippen LogP contribution in [0.15, 0.2) is 85.2 Å². The molecule has 0 saturated carbocycles. The molecule has 0 fully saturated rings. The standard InChI is InChI=1S/C22H17Br3N2O3/c23-17-8-6-14(7-9-17)13-30-21-18(24)10-15(11-19(21)25)12-26-27-22(29)20(28)16-4-2-1-3-5-16/h1-12,20,28H,13H2,(H,27,29)/b26-12-/t20-/m1/s1. The van der Waals surface area contributed by atoms with Crippen LogP contribution in [0.1, 0.15) is 22.8 Å². The molecule has 5 nitrogen and oxygen atoms in total. The van der Waals surface area contributed by atoms with Gasteiger partial charge in [0.05, 0.1) is 15.2 Å². The van der Waals surface area contributed by atoms with E-state index in [4.69, 9.17) is 4.74 Å². The molecule has 8 heteroatoms. The van der Waals surface area contributed by atoms with Gasteiger partial charge < -0.3 is 9.84 Å². The van der Waals surface area contributed by atoms with Gasteiger partial charge in [0.15, 0.2) is 6.10 Å². The van der Waals surface area contributed by atoms with Gasteiger partial charge in [0.2, 0.25) is 0 Å². The number of hydrogen-bond acceptors (Lipinski definition) is 4. The Hall–Kier alpha value is -2.00. The van der Waals surface area contributed by atoms with E-state index in [1.54, 1.807) is 24.3 Å². The van der Waals surface area contributed by atoms with Crippen molar-refractivity contribution in [3.05, 3.63) is 96.8 Å². The van der Waals surface area contributed by atoms with Gasteiger partial charge in [-0.15, -0.1) is 0 Å². The van der Waals surface area contributed by atoms with Crippen molar-refractivity contribution in [2.24, 2.45) is 5.10 Å². The largest absolute Gasteiger partial charge is 0.487 e. The fraction of sp³-hybridized carbons (Fsp3) is 0.0909. The predicted molar refractivity (Wildman–Crippen MR) is 127 cm³/mol. The number of nitrogens with one attached hydrogen (secondary N) is 1. The van der Waals surface area contributed by atoms with Crippen LogP contribution in [-0.4, -0.2) is 17.2 Å². The maximum atomic E-state index is 12.0. The van der Waals surface area contributed by atoms with Gasteiger partial charge in [-0.2, -0.15) is 5.10 Å². The molecular weight excluding hydrogens is 580 g/mol. The van der Waals surface area contributed by atoms with E-state index in [-0.39, 0.29) is 0 Å². The summed E-state index contributed by atoms with van der Waals surface area (Å²) in [7, 11) is 0. The molecular formula is C22H17Br3N2O3. The highest BCUT2D eigenvalue weighted by atomic mass is 79.9. The van der Waals surface area contributed by atoms with Gasteiger partial charge in [-0.05, 0) is 72.8 Å². The van der Waals surface area contributed by atoms with E-state index in [1.165, 1.54) is 6.21 Å². The Morgan fingerprint density at radius 1 is 1.03 bits per heavy atom. The monoisotopic (exact) mass is 594 g/mol. The first-order valence-corrected chi connectivity index (χ1v) is 11.2. The Morgan fingerprint density at radius 2 is 1.67 bits per heavy atom. The van der Waals surface area contributed by atoms with Crippen molar-refractivity contribution in [2.45, 2.75) is 12.7 Å². The number of carbonyl (C=O) groups is 1. The van der Waals surface area contributed by atoms with Crippen LogP contribution in [0.25, 0.3) is 0 Å². The molecule has 2 N–H and O–H groups in total. The molecule has 0 aromatic heterocycles. The van der Waals surface area contributed by atoms with E-state index >= 15 is 0 Å². The zero-order valence-electron chi connectivity index (χ0n) is 15.6. The summed E-state index contributed by atoms with van der Waals surface area (Å²) < 4.78 is 8.41. The highest BCUT2D eigenvalue weighted by Gasteiger charge is 2.16. The molecule has 1 atom stereocenters. The minimum absolute atomic E-state index is 0.422. The smallest absolute Gasteiger partial charge is 0.273 e. The third kappa shape index (κ3) is 6.25. The van der Waals surface area contributed by atoms with Crippen molar-refractivity contribution in [3.8, 4) is 5.75 Å². The quantitative estimate of drug-likeness (QED) is 0.270. The summed E-state index contributed by atoms with van der Waals surface area (Å²) in [4.78, 5) is 12.0. The van der Waals surface area contributed by atoms with Gasteiger partial charge in [0.1, 0.15) is 12.4 Å². The summed E-state index contributed by atoms with van der Waals surface area (Å²) in [5, 5.41) is 14.0. The zero-order valence-corrected chi connectivity index (χ0v) is 20.3. The van der Waals surface area contributed by atoms with Crippen LogP contribution in [0.5, 0.6) is 5.75 Å². The highest BCUT2D eigenvalue weighted by molar-refractivity contribution is 9.11. The molecule has 0 spiro atoms. The van der Waals surface area contributed by atoms with Crippen LogP contribution >= 0.6 is 47.8 Å². The minimum Gasteiger partial charge on any atom is -0.487 e. The normalized spacial score (nSPS) is 12.0. The average molecular weight is 597 g/mol. The molecule has 30 heavy (non-hydrogen) atoms. The fourth-order valence-electron chi connectivity index (χ4n) is 2.55. The second kappa shape index (κ2) is 10.9. The van der Waals surface area contributed by atoms with Gasteiger partial charge >= 0.3 is 0 Å². The first kappa shape index (κ1) is 22.7. The number of carbonyl (C=O) groups excluding carboxylic acids is 1. The van der Waals surface area contributed by atoms with Crippen molar-refractivity contribution in [2.75, 3.05) is 0 Å². The van der Waals surface area contributed by atoms with Crippen LogP contribution in [0, 0.1) is 0 Å². The molecule has 0 aliphatic rings. The Balaban J connectivity index is 1.61. The lowest BCUT2D eigenvalue weighted by molar-refractivity contribution is -0.129. The Bertz CT molecular complexity index is 1020. The molecule has 0 aliphatic heterocycles. The number of hydrazone groups is 1. The van der Waals surface area contributed by atoms with E-state index in [2.05, 4.69) is 58.3 Å². The van der Waals surface area contributed by atoms with E-state index in [1.807, 2.05) is 42.5 Å². The first-order chi connectivity index (χ1) is 14.4. The highest BCUT2D eigenvalue weighted by Crippen LogP contribution is 2.35. The van der Waals surface area contributed by atoms with Crippen LogP contribution in [0.2, 0.25) is 0 Å². The Kier molecular flexibility index (Phi) is 8.21. The molecule has 0 bridgehead atoms. The summed E-state index contributed by atoms with van der Waals surface area (Å²) >= 11 is 10.4. The molecule has 0 saturated heterocycles. The minimum atomic E-state index is -1.28. The molecule has 0 aliphatic carbocycles. The SMILES string of the molecule is O=C(N/N=C\c1cc(Br)c(OCc2ccc(Br)cc2)c(Br)c1)[C@H](O)c1ccccc1. The predicted octanol–water partition coefficient (Wildman–Crippen LogP) is 5.74. The third-order valence-corrected chi connectivity index (χ3v) is 5.78. The van der Waals surface area contributed by atoms with Crippen LogP contribution in [0.3, 0.4) is 0 Å². The summed E-state index contributed by atoms with van der Waals surface area (Å²) in [6.45, 7) is 0.422. The molecule has 1 amide bonds. The summed E-state index contributed by atoms with van der Waals surface area (Å²) in [5.41, 5.74) is 4.63. The van der Waals surface area contributed by atoms with Crippen LogP contribution in [0.4, 0.5) is 0 Å². The number of ether oxygens (including phenoxy) is 1. The van der Waals surface area contributed by atoms with E-state index < -0.39 is 12.0 Å². The van der Waals surface area contributed by atoms with Gasteiger partial charge in [-0.25, -0.2) is 5.43 Å². The lowest BCUT2D eigenvalue weighted by Gasteiger charge is -2.11. The number of nitrogens with zero attached hydrogens (tertiary/aromatic N) is 1. The van der Waals surface area contributed by atoms with Crippen molar-refractivity contribution >= 4 is 59.9 Å². The van der Waals surface area contributed by atoms with Crippen LogP contribution in [-0.2, 0) is 11.4 Å². The molecule has 0 heterocycles. The Labute approximate surface area is 199 Å². The molecule has 0 radical (unpaired) electrons. The second-order valence-corrected chi connectivity index (χ2v) is 8.90. The Morgan fingerprint density at radius 3 is 2.30 bits per heavy atom. The average Bonchev–Trinajstić information content (AvgIpc) is 2.74. The van der Waals surface area contributed by atoms with Crippen molar-refractivity contribution in [1.82, 2.24) is 5.43 Å². The number of aliphatic hydroxyl groups excluding tert-OH is 1. The lowest BCUT2D eigenvalue weighted by atomic mass is 10.1. The second-order valence-electron chi connectivity index (χ2n) is 6.28. The number of rotatable bonds is 7. The summed E-state index contributed by atoms with van der Waals surface area (Å²) in [5.74, 6) is 0.0589. The summed E-state index contributed by atoms with van der Waals surface area (Å²) in [6, 6.07) is 20.2. The topological polar surface area (TPSA) is 70.9 Å². The van der Waals surface area contributed by atoms with Crippen molar-refractivity contribution in [1.29, 1.82) is 0 Å². The zero-order chi connectivity index (χ0) is 21.5. The van der Waals surface area contributed by atoms with Gasteiger partial charge in [0.25, 0.3) is 5.91 Å². The van der Waals surface area contributed by atoms with Gasteiger partial charge in [-0.1, -0.05) is 58.4 Å². The number of amides is 1. The lowest BCUT2D eigenvalue weighted by Crippen LogP contribution is -2.25. The molecule has 154 valence electrons. The number of halogens is 3. The molecule has 3 rings (SSSR count). The van der Waals surface area contributed by atoms with E-state index in [9.17, 15) is 9.90 Å².